The van der Waals surface area contributed by atoms with Gasteiger partial charge in [-0.25, -0.2) is 4.98 Å². The van der Waals surface area contributed by atoms with Crippen LogP contribution in [0.15, 0.2) is 41.4 Å². The molecule has 2 heterocycles. The van der Waals surface area contributed by atoms with Crippen LogP contribution < -0.4 is 20.5 Å². The highest BCUT2D eigenvalue weighted by Crippen LogP contribution is 2.34. The molecule has 0 aliphatic carbocycles. The number of nitrogens with two attached hydrogens (primary N) is 1. The predicted octanol–water partition coefficient (Wildman–Crippen LogP) is 2.95. The number of nitrogen functional groups attached to an aromatic ring is 1. The maximum Gasteiger partial charge on any atom is 0.225 e. The molecule has 0 bridgehead atoms. The molecule has 1 aromatic carbocycles. The molecular formula is C17H19N3O3S. The summed E-state index contributed by atoms with van der Waals surface area (Å²) in [5.74, 6) is 2.61. The summed E-state index contributed by atoms with van der Waals surface area (Å²) in [5, 5.41) is 2.80. The van der Waals surface area contributed by atoms with E-state index in [-0.39, 0.29) is 5.91 Å². The Morgan fingerprint density at radius 2 is 2.04 bits per heavy atom. The lowest BCUT2D eigenvalue weighted by atomic mass is 10.3. The Morgan fingerprint density at radius 3 is 2.83 bits per heavy atom. The van der Waals surface area contributed by atoms with Crippen molar-refractivity contribution in [3.8, 4) is 11.5 Å². The van der Waals surface area contributed by atoms with Crippen LogP contribution in [-0.2, 0) is 4.79 Å². The Labute approximate surface area is 144 Å². The van der Waals surface area contributed by atoms with Crippen molar-refractivity contribution in [1.29, 1.82) is 0 Å². The summed E-state index contributed by atoms with van der Waals surface area (Å²) in [5.41, 5.74) is 6.16. The fourth-order valence-corrected chi connectivity index (χ4v) is 3.08. The number of rotatable bonds is 5. The van der Waals surface area contributed by atoms with Gasteiger partial charge in [0.1, 0.15) is 5.82 Å². The van der Waals surface area contributed by atoms with E-state index in [0.29, 0.717) is 36.9 Å². The van der Waals surface area contributed by atoms with Gasteiger partial charge in [-0.15, -0.1) is 11.8 Å². The highest BCUT2D eigenvalue weighted by atomic mass is 32.2. The predicted molar refractivity (Wildman–Crippen MR) is 94.7 cm³/mol. The lowest BCUT2D eigenvalue weighted by Crippen LogP contribution is -2.12. The van der Waals surface area contributed by atoms with E-state index >= 15 is 0 Å². The second-order valence-corrected chi connectivity index (χ2v) is 6.45. The summed E-state index contributed by atoms with van der Waals surface area (Å²) < 4.78 is 11.3. The van der Waals surface area contributed by atoms with Crippen LogP contribution in [0.5, 0.6) is 11.5 Å². The molecule has 0 atom stereocenters. The maximum atomic E-state index is 11.9. The van der Waals surface area contributed by atoms with E-state index in [2.05, 4.69) is 10.3 Å². The zero-order chi connectivity index (χ0) is 16.8. The van der Waals surface area contributed by atoms with Crippen molar-refractivity contribution in [3.05, 3.63) is 36.5 Å². The number of aromatic nitrogens is 1. The van der Waals surface area contributed by atoms with Crippen molar-refractivity contribution in [2.45, 2.75) is 17.7 Å². The fraction of sp³-hybridized carbons (Fsp3) is 0.294. The Morgan fingerprint density at radius 1 is 1.21 bits per heavy atom. The number of benzene rings is 1. The Balaban J connectivity index is 1.48. The number of nitrogens with zero attached hydrogens (tertiary/aromatic N) is 1. The molecule has 1 amide bonds. The molecule has 0 saturated heterocycles. The van der Waals surface area contributed by atoms with E-state index in [9.17, 15) is 4.79 Å². The number of anilines is 2. The molecule has 1 aliphatic heterocycles. The van der Waals surface area contributed by atoms with Gasteiger partial charge in [0.25, 0.3) is 0 Å². The number of ether oxygens (including phenoxy) is 2. The molecule has 0 saturated carbocycles. The van der Waals surface area contributed by atoms with Crippen molar-refractivity contribution in [2.24, 2.45) is 0 Å². The van der Waals surface area contributed by atoms with E-state index in [1.54, 1.807) is 30.1 Å². The molecule has 7 heteroatoms. The molecule has 24 heavy (non-hydrogen) atoms. The summed E-state index contributed by atoms with van der Waals surface area (Å²) in [6.07, 6.45) is 2.84. The van der Waals surface area contributed by atoms with Crippen LogP contribution in [0.25, 0.3) is 0 Å². The van der Waals surface area contributed by atoms with Gasteiger partial charge < -0.3 is 20.5 Å². The van der Waals surface area contributed by atoms with Gasteiger partial charge in [-0.3, -0.25) is 4.79 Å². The van der Waals surface area contributed by atoms with Crippen LogP contribution in [0.1, 0.15) is 12.8 Å². The quantitative estimate of drug-likeness (QED) is 0.810. The third-order valence-corrected chi connectivity index (χ3v) is 4.38. The third-order valence-electron chi connectivity index (χ3n) is 3.39. The van der Waals surface area contributed by atoms with Gasteiger partial charge in [0.2, 0.25) is 5.91 Å². The van der Waals surface area contributed by atoms with Crippen molar-refractivity contribution in [1.82, 2.24) is 4.98 Å². The minimum atomic E-state index is -0.0524. The van der Waals surface area contributed by atoms with E-state index < -0.39 is 0 Å². The van der Waals surface area contributed by atoms with Gasteiger partial charge in [-0.2, -0.15) is 0 Å². The van der Waals surface area contributed by atoms with Crippen molar-refractivity contribution in [2.75, 3.05) is 30.0 Å². The topological polar surface area (TPSA) is 86.5 Å². The fourth-order valence-electron chi connectivity index (χ4n) is 2.20. The second kappa shape index (κ2) is 7.92. The first kappa shape index (κ1) is 16.4. The van der Waals surface area contributed by atoms with Crippen LogP contribution in [0.2, 0.25) is 0 Å². The normalized spacial score (nSPS) is 13.2. The minimum absolute atomic E-state index is 0.0524. The molecule has 0 unspecified atom stereocenters. The zero-order valence-corrected chi connectivity index (χ0v) is 14.0. The van der Waals surface area contributed by atoms with Crippen LogP contribution in [0.3, 0.4) is 0 Å². The third kappa shape index (κ3) is 4.55. The summed E-state index contributed by atoms with van der Waals surface area (Å²) >= 11 is 1.61. The first-order valence-corrected chi connectivity index (χ1v) is 8.73. The number of hydrogen-bond acceptors (Lipinski definition) is 6. The number of fused-ring (bicyclic) bond motifs is 1. The lowest BCUT2D eigenvalue weighted by Gasteiger charge is -2.09. The van der Waals surface area contributed by atoms with E-state index in [1.165, 1.54) is 0 Å². The number of carbonyl (C=O) groups is 1. The standard InChI is InChI=1S/C17H19N3O3S/c18-16-5-2-12(11-19-16)20-17(21)6-9-24-13-3-4-14-15(10-13)23-8-1-7-22-14/h2-5,10-11H,1,6-9H2,(H2,18,19)(H,20,21). The van der Waals surface area contributed by atoms with Crippen molar-refractivity contribution < 1.29 is 14.3 Å². The largest absolute Gasteiger partial charge is 0.490 e. The van der Waals surface area contributed by atoms with Gasteiger partial charge in [-0.05, 0) is 30.3 Å². The Kier molecular flexibility index (Phi) is 5.43. The maximum absolute atomic E-state index is 11.9. The lowest BCUT2D eigenvalue weighted by molar-refractivity contribution is -0.115. The van der Waals surface area contributed by atoms with Crippen LogP contribution in [0.4, 0.5) is 11.5 Å². The summed E-state index contributed by atoms with van der Waals surface area (Å²) in [6.45, 7) is 1.35. The molecule has 0 spiro atoms. The number of carbonyl (C=O) groups excluding carboxylic acids is 1. The van der Waals surface area contributed by atoms with Crippen molar-refractivity contribution >= 4 is 29.2 Å². The first-order chi connectivity index (χ1) is 11.7. The summed E-state index contributed by atoms with van der Waals surface area (Å²) in [4.78, 5) is 16.9. The first-order valence-electron chi connectivity index (χ1n) is 7.74. The van der Waals surface area contributed by atoms with Gasteiger partial charge in [0.05, 0.1) is 25.1 Å². The zero-order valence-electron chi connectivity index (χ0n) is 13.2. The summed E-state index contributed by atoms with van der Waals surface area (Å²) in [7, 11) is 0. The number of amides is 1. The molecule has 0 fully saturated rings. The number of hydrogen-bond donors (Lipinski definition) is 2. The average molecular weight is 345 g/mol. The molecular weight excluding hydrogens is 326 g/mol. The number of nitrogens with one attached hydrogen (secondary N) is 1. The molecule has 3 N–H and O–H groups in total. The smallest absolute Gasteiger partial charge is 0.225 e. The summed E-state index contributed by atoms with van der Waals surface area (Å²) in [6, 6.07) is 9.26. The van der Waals surface area contributed by atoms with E-state index in [1.807, 2.05) is 18.2 Å². The van der Waals surface area contributed by atoms with Crippen LogP contribution in [0, 0.1) is 0 Å². The van der Waals surface area contributed by atoms with Gasteiger partial charge in [0.15, 0.2) is 11.5 Å². The SMILES string of the molecule is Nc1ccc(NC(=O)CCSc2ccc3c(c2)OCCCO3)cn1. The Hall–Kier alpha value is -2.41. The molecule has 0 radical (unpaired) electrons. The van der Waals surface area contributed by atoms with E-state index in [4.69, 9.17) is 15.2 Å². The molecule has 1 aliphatic rings. The van der Waals surface area contributed by atoms with Gasteiger partial charge in [0, 0.05) is 23.5 Å². The Bertz CT molecular complexity index is 707. The molecule has 1 aromatic heterocycles. The van der Waals surface area contributed by atoms with Gasteiger partial charge >= 0.3 is 0 Å². The molecule has 3 rings (SSSR count). The van der Waals surface area contributed by atoms with E-state index in [0.717, 1.165) is 22.8 Å². The average Bonchev–Trinajstić information content (AvgIpc) is 2.82. The monoisotopic (exact) mass is 345 g/mol. The molecule has 6 nitrogen and oxygen atoms in total. The van der Waals surface area contributed by atoms with Crippen molar-refractivity contribution in [3.63, 3.8) is 0 Å². The van der Waals surface area contributed by atoms with Crippen LogP contribution >= 0.6 is 11.8 Å². The highest BCUT2D eigenvalue weighted by molar-refractivity contribution is 7.99. The minimum Gasteiger partial charge on any atom is -0.490 e. The molecule has 126 valence electrons. The highest BCUT2D eigenvalue weighted by Gasteiger charge is 2.11. The number of thioether (sulfide) groups is 1. The second-order valence-electron chi connectivity index (χ2n) is 5.28. The number of pyridine rings is 1. The van der Waals surface area contributed by atoms with Gasteiger partial charge in [-0.1, -0.05) is 0 Å². The molecule has 2 aromatic rings. The van der Waals surface area contributed by atoms with Crippen LogP contribution in [-0.4, -0.2) is 29.9 Å².